The van der Waals surface area contributed by atoms with E-state index in [1.54, 1.807) is 0 Å². The quantitative estimate of drug-likeness (QED) is 0.283. The van der Waals surface area contributed by atoms with Crippen molar-refractivity contribution in [1.29, 1.82) is 0 Å². The Balaban J connectivity index is 1.57. The van der Waals surface area contributed by atoms with Gasteiger partial charge in [0.15, 0.2) is 0 Å². The third kappa shape index (κ3) is 2.74. The molecular formula is C26H17NS2. The Morgan fingerprint density at radius 1 is 0.448 bits per heavy atom. The largest absolute Gasteiger partial charge is 0.310 e. The second-order valence-electron chi connectivity index (χ2n) is 7.05. The molecule has 3 heteroatoms. The van der Waals surface area contributed by atoms with Crippen LogP contribution in [0.4, 0.5) is 17.1 Å². The van der Waals surface area contributed by atoms with Crippen molar-refractivity contribution >= 4 is 69.3 Å². The minimum absolute atomic E-state index is 1.17. The molecule has 0 aliphatic heterocycles. The fraction of sp³-hybridized carbons (Fsp3) is 0. The van der Waals surface area contributed by atoms with Crippen molar-refractivity contribution < 1.29 is 0 Å². The van der Waals surface area contributed by atoms with E-state index in [4.69, 9.17) is 0 Å². The Kier molecular flexibility index (Phi) is 3.89. The van der Waals surface area contributed by atoms with Gasteiger partial charge in [-0.3, -0.25) is 0 Å². The summed E-state index contributed by atoms with van der Waals surface area (Å²) in [6.45, 7) is 0. The van der Waals surface area contributed by atoms with Gasteiger partial charge in [-0.2, -0.15) is 0 Å². The van der Waals surface area contributed by atoms with Crippen LogP contribution in [0.1, 0.15) is 0 Å². The number of thiophene rings is 2. The van der Waals surface area contributed by atoms with Gasteiger partial charge in [0, 0.05) is 37.2 Å². The van der Waals surface area contributed by atoms with E-state index >= 15 is 0 Å². The number of para-hydroxylation sites is 2. The topological polar surface area (TPSA) is 3.24 Å². The summed E-state index contributed by atoms with van der Waals surface area (Å²) in [7, 11) is 0. The summed E-state index contributed by atoms with van der Waals surface area (Å²) in [5.41, 5.74) is 3.52. The lowest BCUT2D eigenvalue weighted by atomic mass is 10.1. The number of benzene rings is 4. The molecule has 0 amide bonds. The maximum absolute atomic E-state index is 2.33. The maximum Gasteiger partial charge on any atom is 0.0542 e. The van der Waals surface area contributed by atoms with Gasteiger partial charge in [0.1, 0.15) is 0 Å². The fourth-order valence-electron chi connectivity index (χ4n) is 3.93. The van der Waals surface area contributed by atoms with Crippen LogP contribution in [-0.2, 0) is 0 Å². The van der Waals surface area contributed by atoms with E-state index < -0.39 is 0 Å². The van der Waals surface area contributed by atoms with Crippen molar-refractivity contribution in [3.63, 3.8) is 0 Å². The molecule has 29 heavy (non-hydrogen) atoms. The highest BCUT2D eigenvalue weighted by Gasteiger charge is 2.16. The van der Waals surface area contributed by atoms with E-state index in [0.29, 0.717) is 0 Å². The van der Waals surface area contributed by atoms with Crippen LogP contribution in [0.2, 0.25) is 0 Å². The molecule has 0 spiro atoms. The summed E-state index contributed by atoms with van der Waals surface area (Å²) in [5, 5.41) is 2.73. The van der Waals surface area contributed by atoms with Crippen LogP contribution >= 0.6 is 22.7 Å². The molecule has 6 aromatic rings. The molecular weight excluding hydrogens is 390 g/mol. The average Bonchev–Trinajstić information content (AvgIpc) is 3.31. The van der Waals surface area contributed by atoms with Gasteiger partial charge in [-0.15, -0.1) is 22.7 Å². The molecule has 0 unspecified atom stereocenters. The average molecular weight is 408 g/mol. The summed E-state index contributed by atoms with van der Waals surface area (Å²) < 4.78 is 5.52. The molecule has 0 saturated carbocycles. The van der Waals surface area contributed by atoms with Gasteiger partial charge in [0.2, 0.25) is 0 Å². The van der Waals surface area contributed by atoms with Crippen LogP contribution in [0.3, 0.4) is 0 Å². The minimum atomic E-state index is 1.17. The van der Waals surface area contributed by atoms with E-state index in [1.165, 1.54) is 46.6 Å². The first kappa shape index (κ1) is 16.8. The molecule has 0 radical (unpaired) electrons. The number of hydrogen-bond acceptors (Lipinski definition) is 3. The Bertz CT molecular complexity index is 1410. The van der Waals surface area contributed by atoms with Crippen molar-refractivity contribution in [2.45, 2.75) is 0 Å². The standard InChI is InChI=1S/C26H17NS2/c1-3-9-18(10-4-1)27(19-11-5-2-6-12-19)20-15-16-22-24(17-20)29-25-21-13-7-8-14-23(21)28-26(22)25/h1-17H. The summed E-state index contributed by atoms with van der Waals surface area (Å²) in [6, 6.07) is 36.8. The molecule has 2 aromatic heterocycles. The maximum atomic E-state index is 2.33. The molecule has 138 valence electrons. The molecule has 0 N–H and O–H groups in total. The Morgan fingerprint density at radius 2 is 1.00 bits per heavy atom. The Morgan fingerprint density at radius 3 is 1.69 bits per heavy atom. The van der Waals surface area contributed by atoms with Crippen LogP contribution in [0.25, 0.3) is 29.6 Å². The molecule has 2 heterocycles. The number of hydrogen-bond donors (Lipinski definition) is 0. The predicted molar refractivity (Wildman–Crippen MR) is 129 cm³/mol. The number of fused-ring (bicyclic) bond motifs is 5. The van der Waals surface area contributed by atoms with Gasteiger partial charge in [0.05, 0.1) is 9.40 Å². The van der Waals surface area contributed by atoms with Crippen LogP contribution in [0, 0.1) is 0 Å². The Labute approximate surface area is 177 Å². The predicted octanol–water partition coefficient (Wildman–Crippen LogP) is 8.74. The first-order valence-corrected chi connectivity index (χ1v) is 11.3. The molecule has 4 aromatic carbocycles. The van der Waals surface area contributed by atoms with E-state index in [2.05, 4.69) is 108 Å². The van der Waals surface area contributed by atoms with Gasteiger partial charge < -0.3 is 4.90 Å². The van der Waals surface area contributed by atoms with Crippen molar-refractivity contribution in [3.8, 4) is 0 Å². The van der Waals surface area contributed by atoms with E-state index in [-0.39, 0.29) is 0 Å². The number of anilines is 3. The number of nitrogens with zero attached hydrogens (tertiary/aromatic N) is 1. The van der Waals surface area contributed by atoms with Crippen molar-refractivity contribution in [2.75, 3.05) is 4.90 Å². The van der Waals surface area contributed by atoms with Gasteiger partial charge in [-0.05, 0) is 42.5 Å². The molecule has 6 rings (SSSR count). The molecule has 1 nitrogen and oxygen atoms in total. The summed E-state index contributed by atoms with van der Waals surface area (Å²) in [4.78, 5) is 2.32. The second kappa shape index (κ2) is 6.73. The van der Waals surface area contributed by atoms with Gasteiger partial charge in [-0.1, -0.05) is 60.7 Å². The summed E-state index contributed by atoms with van der Waals surface area (Å²) in [6.07, 6.45) is 0. The monoisotopic (exact) mass is 407 g/mol. The third-order valence-corrected chi connectivity index (χ3v) is 7.78. The zero-order valence-electron chi connectivity index (χ0n) is 15.6. The zero-order chi connectivity index (χ0) is 19.2. The van der Waals surface area contributed by atoms with Crippen LogP contribution < -0.4 is 4.90 Å². The smallest absolute Gasteiger partial charge is 0.0542 e. The van der Waals surface area contributed by atoms with E-state index in [9.17, 15) is 0 Å². The molecule has 0 aliphatic rings. The second-order valence-corrected chi connectivity index (χ2v) is 9.15. The molecule has 0 fully saturated rings. The third-order valence-electron chi connectivity index (χ3n) is 5.26. The fourth-order valence-corrected chi connectivity index (χ4v) is 6.62. The SMILES string of the molecule is c1ccc(N(c2ccccc2)c2ccc3c(c2)sc2c4ccccc4sc32)cc1. The molecule has 0 bridgehead atoms. The van der Waals surface area contributed by atoms with Crippen LogP contribution in [0.15, 0.2) is 103 Å². The van der Waals surface area contributed by atoms with Crippen LogP contribution in [0.5, 0.6) is 0 Å². The highest BCUT2D eigenvalue weighted by atomic mass is 32.1. The zero-order valence-corrected chi connectivity index (χ0v) is 17.2. The van der Waals surface area contributed by atoms with Crippen molar-refractivity contribution in [3.05, 3.63) is 103 Å². The molecule has 0 atom stereocenters. The first-order valence-electron chi connectivity index (χ1n) is 9.62. The lowest BCUT2D eigenvalue weighted by Crippen LogP contribution is -2.09. The van der Waals surface area contributed by atoms with Crippen LogP contribution in [-0.4, -0.2) is 0 Å². The normalized spacial score (nSPS) is 11.4. The minimum Gasteiger partial charge on any atom is -0.310 e. The highest BCUT2D eigenvalue weighted by Crippen LogP contribution is 2.46. The lowest BCUT2D eigenvalue weighted by Gasteiger charge is -2.25. The molecule has 0 saturated heterocycles. The van der Waals surface area contributed by atoms with Gasteiger partial charge >= 0.3 is 0 Å². The van der Waals surface area contributed by atoms with Crippen molar-refractivity contribution in [2.24, 2.45) is 0 Å². The van der Waals surface area contributed by atoms with Gasteiger partial charge in [0.25, 0.3) is 0 Å². The van der Waals surface area contributed by atoms with E-state index in [1.807, 2.05) is 22.7 Å². The Hall–Kier alpha value is -3.14. The van der Waals surface area contributed by atoms with Crippen molar-refractivity contribution in [1.82, 2.24) is 0 Å². The number of rotatable bonds is 3. The lowest BCUT2D eigenvalue weighted by molar-refractivity contribution is 1.29. The summed E-state index contributed by atoms with van der Waals surface area (Å²) in [5.74, 6) is 0. The van der Waals surface area contributed by atoms with E-state index in [0.717, 1.165) is 0 Å². The highest BCUT2D eigenvalue weighted by molar-refractivity contribution is 7.36. The summed E-state index contributed by atoms with van der Waals surface area (Å²) >= 11 is 3.81. The van der Waals surface area contributed by atoms with Gasteiger partial charge in [-0.25, -0.2) is 0 Å². The molecule has 0 aliphatic carbocycles. The first-order chi connectivity index (χ1) is 14.4.